The first-order valence-corrected chi connectivity index (χ1v) is 8.61. The number of para-hydroxylation sites is 1. The Morgan fingerprint density at radius 2 is 1.88 bits per heavy atom. The Morgan fingerprint density at radius 3 is 2.56 bits per heavy atom. The molecule has 1 saturated carbocycles. The Balaban J connectivity index is 1.95. The maximum atomic E-state index is 12.8. The maximum absolute atomic E-state index is 12.8. The molecule has 3 rings (SSSR count). The molecule has 0 bridgehead atoms. The number of aliphatic carboxylic acids is 1. The number of carbonyl (C=O) groups is 2. The molecule has 0 unspecified atom stereocenters. The number of hydrogen-bond acceptors (Lipinski definition) is 3. The lowest BCUT2D eigenvalue weighted by Gasteiger charge is -2.28. The minimum Gasteiger partial charge on any atom is -0.480 e. The van der Waals surface area contributed by atoms with Crippen molar-refractivity contribution in [2.24, 2.45) is 13.0 Å². The number of amides is 1. The first-order chi connectivity index (χ1) is 12.0. The molecule has 1 aromatic carbocycles. The monoisotopic (exact) mass is 342 g/mol. The summed E-state index contributed by atoms with van der Waals surface area (Å²) < 4.78 is 1.47. The number of benzene rings is 1. The Morgan fingerprint density at radius 1 is 1.20 bits per heavy atom. The van der Waals surface area contributed by atoms with Gasteiger partial charge in [0.05, 0.1) is 11.1 Å². The minimum atomic E-state index is -1.02. The molecule has 25 heavy (non-hydrogen) atoms. The van der Waals surface area contributed by atoms with E-state index in [0.29, 0.717) is 10.9 Å². The molecule has 1 heterocycles. The van der Waals surface area contributed by atoms with Crippen LogP contribution in [0.25, 0.3) is 10.9 Å². The zero-order valence-corrected chi connectivity index (χ0v) is 14.2. The average molecular weight is 342 g/mol. The third-order valence-electron chi connectivity index (χ3n) is 5.07. The number of nitrogens with zero attached hydrogens (tertiary/aromatic N) is 1. The second-order valence-electron chi connectivity index (χ2n) is 6.66. The standard InChI is InChI=1S/C19H22N2O4/c1-21-15-10-6-5-9-13(15)14(11-16(21)22)18(23)20-17(19(24)25)12-7-3-2-4-8-12/h5-6,9-12,17H,2-4,7-8H2,1H3,(H,20,23)(H,24,25)/t17-/m0/s1. The molecule has 1 aromatic heterocycles. The quantitative estimate of drug-likeness (QED) is 0.892. The van der Waals surface area contributed by atoms with Crippen molar-refractivity contribution in [1.29, 1.82) is 0 Å². The van der Waals surface area contributed by atoms with E-state index in [2.05, 4.69) is 5.32 Å². The van der Waals surface area contributed by atoms with Crippen molar-refractivity contribution in [2.75, 3.05) is 0 Å². The van der Waals surface area contributed by atoms with Gasteiger partial charge in [0.1, 0.15) is 6.04 Å². The zero-order valence-electron chi connectivity index (χ0n) is 14.2. The van der Waals surface area contributed by atoms with Gasteiger partial charge in [0.15, 0.2) is 0 Å². The molecule has 2 aromatic rings. The molecule has 132 valence electrons. The molecule has 1 aliphatic rings. The summed E-state index contributed by atoms with van der Waals surface area (Å²) in [5, 5.41) is 12.8. The van der Waals surface area contributed by atoms with Gasteiger partial charge in [-0.05, 0) is 24.8 Å². The lowest BCUT2D eigenvalue weighted by Crippen LogP contribution is -2.46. The van der Waals surface area contributed by atoms with Gasteiger partial charge in [0.2, 0.25) is 0 Å². The van der Waals surface area contributed by atoms with Gasteiger partial charge in [-0.3, -0.25) is 9.59 Å². The van der Waals surface area contributed by atoms with Crippen LogP contribution in [0.4, 0.5) is 0 Å². The highest BCUT2D eigenvalue weighted by molar-refractivity contribution is 6.07. The van der Waals surface area contributed by atoms with Crippen molar-refractivity contribution >= 4 is 22.8 Å². The highest BCUT2D eigenvalue weighted by Gasteiger charge is 2.31. The summed E-state index contributed by atoms with van der Waals surface area (Å²) in [7, 11) is 1.65. The van der Waals surface area contributed by atoms with E-state index in [1.54, 1.807) is 31.3 Å². The zero-order chi connectivity index (χ0) is 18.0. The number of hydrogen-bond donors (Lipinski definition) is 2. The molecule has 6 heteroatoms. The van der Waals surface area contributed by atoms with Gasteiger partial charge in [-0.2, -0.15) is 0 Å². The molecular formula is C19H22N2O4. The van der Waals surface area contributed by atoms with Gasteiger partial charge in [0.25, 0.3) is 11.5 Å². The van der Waals surface area contributed by atoms with Crippen molar-refractivity contribution in [2.45, 2.75) is 38.1 Å². The van der Waals surface area contributed by atoms with Gasteiger partial charge in [-0.15, -0.1) is 0 Å². The highest BCUT2D eigenvalue weighted by Crippen LogP contribution is 2.27. The lowest BCUT2D eigenvalue weighted by molar-refractivity contribution is -0.141. The van der Waals surface area contributed by atoms with E-state index in [9.17, 15) is 19.5 Å². The van der Waals surface area contributed by atoms with Crippen molar-refractivity contribution < 1.29 is 14.7 Å². The summed E-state index contributed by atoms with van der Waals surface area (Å²) in [5.74, 6) is -1.59. The Bertz CT molecular complexity index is 865. The lowest BCUT2D eigenvalue weighted by atomic mass is 9.83. The third-order valence-corrected chi connectivity index (χ3v) is 5.07. The van der Waals surface area contributed by atoms with Gasteiger partial charge in [0, 0.05) is 18.5 Å². The predicted octanol–water partition coefficient (Wildman–Crippen LogP) is 2.30. The maximum Gasteiger partial charge on any atom is 0.326 e. The summed E-state index contributed by atoms with van der Waals surface area (Å²) in [6, 6.07) is 7.47. The van der Waals surface area contributed by atoms with Crippen molar-refractivity contribution in [3.05, 3.63) is 46.2 Å². The van der Waals surface area contributed by atoms with Crippen LogP contribution in [0.15, 0.2) is 35.1 Å². The first-order valence-electron chi connectivity index (χ1n) is 8.61. The molecule has 2 N–H and O–H groups in total. The Kier molecular flexibility index (Phi) is 4.88. The fraction of sp³-hybridized carbons (Fsp3) is 0.421. The van der Waals surface area contributed by atoms with Gasteiger partial charge < -0.3 is 15.0 Å². The molecule has 1 fully saturated rings. The van der Waals surface area contributed by atoms with Crippen molar-refractivity contribution in [3.63, 3.8) is 0 Å². The molecular weight excluding hydrogens is 320 g/mol. The second-order valence-corrected chi connectivity index (χ2v) is 6.66. The van der Waals surface area contributed by atoms with E-state index in [0.717, 1.165) is 32.1 Å². The molecule has 0 radical (unpaired) electrons. The molecule has 6 nitrogen and oxygen atoms in total. The third kappa shape index (κ3) is 3.43. The Hall–Kier alpha value is -2.63. The number of rotatable bonds is 4. The number of carbonyl (C=O) groups excluding carboxylic acids is 1. The van der Waals surface area contributed by atoms with Crippen LogP contribution in [0.5, 0.6) is 0 Å². The molecule has 1 aliphatic carbocycles. The van der Waals surface area contributed by atoms with Crippen LogP contribution in [0.3, 0.4) is 0 Å². The number of aromatic nitrogens is 1. The summed E-state index contributed by atoms with van der Waals surface area (Å²) in [5.41, 5.74) is 0.568. The second kappa shape index (κ2) is 7.09. The summed E-state index contributed by atoms with van der Waals surface area (Å²) >= 11 is 0. The van der Waals surface area contributed by atoms with Crippen LogP contribution in [0, 0.1) is 5.92 Å². The fourth-order valence-corrected chi connectivity index (χ4v) is 3.67. The van der Waals surface area contributed by atoms with E-state index in [4.69, 9.17) is 0 Å². The van der Waals surface area contributed by atoms with Crippen LogP contribution < -0.4 is 10.9 Å². The number of pyridine rings is 1. The van der Waals surface area contributed by atoms with Crippen LogP contribution in [0.2, 0.25) is 0 Å². The van der Waals surface area contributed by atoms with Crippen LogP contribution in [0.1, 0.15) is 42.5 Å². The van der Waals surface area contributed by atoms with Gasteiger partial charge >= 0.3 is 5.97 Å². The molecule has 1 amide bonds. The summed E-state index contributed by atoms with van der Waals surface area (Å²) in [6.07, 6.45) is 4.68. The normalized spacial score (nSPS) is 16.5. The van der Waals surface area contributed by atoms with Crippen molar-refractivity contribution in [3.8, 4) is 0 Å². The number of aryl methyl sites for hydroxylation is 1. The minimum absolute atomic E-state index is 0.0620. The predicted molar refractivity (Wildman–Crippen MR) is 94.7 cm³/mol. The van der Waals surface area contributed by atoms with E-state index >= 15 is 0 Å². The van der Waals surface area contributed by atoms with E-state index in [1.165, 1.54) is 10.6 Å². The fourth-order valence-electron chi connectivity index (χ4n) is 3.67. The molecule has 0 spiro atoms. The van der Waals surface area contributed by atoms with Crippen LogP contribution >= 0.6 is 0 Å². The molecule has 1 atom stereocenters. The average Bonchev–Trinajstić information content (AvgIpc) is 2.63. The highest BCUT2D eigenvalue weighted by atomic mass is 16.4. The van der Waals surface area contributed by atoms with E-state index < -0.39 is 17.9 Å². The van der Waals surface area contributed by atoms with E-state index in [-0.39, 0.29) is 17.0 Å². The smallest absolute Gasteiger partial charge is 0.326 e. The largest absolute Gasteiger partial charge is 0.480 e. The number of nitrogens with one attached hydrogen (secondary N) is 1. The van der Waals surface area contributed by atoms with Gasteiger partial charge in [-0.1, -0.05) is 37.5 Å². The number of carboxylic acid groups (broad SMARTS) is 1. The Labute approximate surface area is 145 Å². The van der Waals surface area contributed by atoms with Crippen LogP contribution in [-0.2, 0) is 11.8 Å². The van der Waals surface area contributed by atoms with Gasteiger partial charge in [-0.25, -0.2) is 4.79 Å². The van der Waals surface area contributed by atoms with Crippen molar-refractivity contribution in [1.82, 2.24) is 9.88 Å². The first kappa shape index (κ1) is 17.2. The molecule has 0 aliphatic heterocycles. The summed E-state index contributed by atoms with van der Waals surface area (Å²) in [4.78, 5) is 36.6. The van der Waals surface area contributed by atoms with E-state index in [1.807, 2.05) is 0 Å². The topological polar surface area (TPSA) is 88.4 Å². The SMILES string of the molecule is Cn1c(=O)cc(C(=O)N[C@H](C(=O)O)C2CCCCC2)c2ccccc21. The van der Waals surface area contributed by atoms with Crippen LogP contribution in [-0.4, -0.2) is 27.6 Å². The number of carboxylic acids is 1. The molecule has 0 saturated heterocycles. The number of fused-ring (bicyclic) bond motifs is 1. The summed E-state index contributed by atoms with van der Waals surface area (Å²) in [6.45, 7) is 0.